The smallest absolute Gasteiger partial charge is 0.342 e. The van der Waals surface area contributed by atoms with Gasteiger partial charge in [0.05, 0.1) is 0 Å². The Hall–Kier alpha value is -2.58. The van der Waals surface area contributed by atoms with Crippen molar-refractivity contribution in [1.29, 1.82) is 0 Å². The second kappa shape index (κ2) is 9.07. The standard InChI is InChI=1S/C20H17BrN2O4S/c1-12-3-5-14(6-4-12)11-26-17-8-7-16(21)9-15(17)10-18(19(24)25)28-20-23-22-13(2)27-20/h3-10H,11H2,1-2H3,(H,24,25)/b18-10-. The average molecular weight is 461 g/mol. The van der Waals surface area contributed by atoms with Gasteiger partial charge in [0.25, 0.3) is 5.22 Å². The zero-order valence-electron chi connectivity index (χ0n) is 15.2. The summed E-state index contributed by atoms with van der Waals surface area (Å²) in [5.41, 5.74) is 2.83. The minimum atomic E-state index is -1.09. The number of aliphatic carboxylic acids is 1. The van der Waals surface area contributed by atoms with Crippen molar-refractivity contribution in [3.05, 3.63) is 74.4 Å². The highest BCUT2D eigenvalue weighted by Gasteiger charge is 2.16. The van der Waals surface area contributed by atoms with E-state index in [-0.39, 0.29) is 10.1 Å². The fourth-order valence-corrected chi connectivity index (χ4v) is 3.38. The molecule has 0 amide bonds. The number of rotatable bonds is 7. The quantitative estimate of drug-likeness (QED) is 0.380. The van der Waals surface area contributed by atoms with E-state index in [0.29, 0.717) is 23.8 Å². The largest absolute Gasteiger partial charge is 0.488 e. The molecule has 0 aliphatic carbocycles. The monoisotopic (exact) mass is 460 g/mol. The van der Waals surface area contributed by atoms with Crippen molar-refractivity contribution < 1.29 is 19.1 Å². The predicted molar refractivity (Wildman–Crippen MR) is 110 cm³/mol. The number of carboxylic acid groups (broad SMARTS) is 1. The van der Waals surface area contributed by atoms with Gasteiger partial charge in [-0.15, -0.1) is 10.2 Å². The summed E-state index contributed by atoms with van der Waals surface area (Å²) in [6.07, 6.45) is 1.53. The van der Waals surface area contributed by atoms with Gasteiger partial charge in [-0.25, -0.2) is 4.79 Å². The first-order valence-corrected chi connectivity index (χ1v) is 9.92. The molecule has 2 aromatic carbocycles. The van der Waals surface area contributed by atoms with Crippen LogP contribution in [0.5, 0.6) is 5.75 Å². The van der Waals surface area contributed by atoms with Crippen molar-refractivity contribution in [3.63, 3.8) is 0 Å². The first-order chi connectivity index (χ1) is 13.4. The summed E-state index contributed by atoms with van der Waals surface area (Å²) in [4.78, 5) is 11.7. The van der Waals surface area contributed by atoms with E-state index in [2.05, 4.69) is 26.1 Å². The Kier molecular flexibility index (Phi) is 6.53. The van der Waals surface area contributed by atoms with Crippen LogP contribution in [0.1, 0.15) is 22.6 Å². The van der Waals surface area contributed by atoms with Gasteiger partial charge in [0.1, 0.15) is 17.3 Å². The van der Waals surface area contributed by atoms with Crippen LogP contribution < -0.4 is 4.74 Å². The summed E-state index contributed by atoms with van der Waals surface area (Å²) in [5, 5.41) is 17.3. The van der Waals surface area contributed by atoms with Gasteiger partial charge in [-0.2, -0.15) is 0 Å². The first kappa shape index (κ1) is 20.2. The molecule has 0 aliphatic heterocycles. The minimum absolute atomic E-state index is 0.0435. The van der Waals surface area contributed by atoms with Crippen LogP contribution in [-0.4, -0.2) is 21.3 Å². The average Bonchev–Trinajstić information content (AvgIpc) is 3.06. The summed E-state index contributed by atoms with van der Waals surface area (Å²) in [5.74, 6) is -0.146. The van der Waals surface area contributed by atoms with Gasteiger partial charge in [-0.3, -0.25) is 0 Å². The molecule has 1 heterocycles. The van der Waals surface area contributed by atoms with Gasteiger partial charge in [-0.05, 0) is 48.5 Å². The van der Waals surface area contributed by atoms with Crippen molar-refractivity contribution in [2.24, 2.45) is 0 Å². The molecule has 6 nitrogen and oxygen atoms in total. The maximum Gasteiger partial charge on any atom is 0.342 e. The molecule has 8 heteroatoms. The molecule has 3 aromatic rings. The summed E-state index contributed by atoms with van der Waals surface area (Å²) in [7, 11) is 0. The molecule has 0 unspecified atom stereocenters. The maximum absolute atomic E-state index is 11.7. The number of hydrogen-bond donors (Lipinski definition) is 1. The number of nitrogens with zero attached hydrogens (tertiary/aromatic N) is 2. The zero-order valence-corrected chi connectivity index (χ0v) is 17.6. The third-order valence-electron chi connectivity index (χ3n) is 3.69. The highest BCUT2D eigenvalue weighted by atomic mass is 79.9. The van der Waals surface area contributed by atoms with Crippen LogP contribution >= 0.6 is 27.7 Å². The highest BCUT2D eigenvalue weighted by Crippen LogP contribution is 2.32. The Balaban J connectivity index is 1.86. The molecule has 0 atom stereocenters. The summed E-state index contributed by atoms with van der Waals surface area (Å²) in [6, 6.07) is 13.5. The molecule has 144 valence electrons. The molecular formula is C20H17BrN2O4S. The lowest BCUT2D eigenvalue weighted by atomic mass is 10.1. The number of carboxylic acids is 1. The van der Waals surface area contributed by atoms with E-state index in [1.54, 1.807) is 19.1 Å². The van der Waals surface area contributed by atoms with Crippen LogP contribution in [0.15, 0.2) is 61.5 Å². The number of aromatic nitrogens is 2. The third kappa shape index (κ3) is 5.46. The topological polar surface area (TPSA) is 85.5 Å². The Morgan fingerprint density at radius 2 is 1.96 bits per heavy atom. The number of hydrogen-bond acceptors (Lipinski definition) is 6. The Morgan fingerprint density at radius 3 is 2.61 bits per heavy atom. The van der Waals surface area contributed by atoms with Crippen LogP contribution in [0.4, 0.5) is 0 Å². The van der Waals surface area contributed by atoms with Crippen LogP contribution in [0.2, 0.25) is 0 Å². The lowest BCUT2D eigenvalue weighted by Crippen LogP contribution is -2.00. The number of benzene rings is 2. The fraction of sp³-hybridized carbons (Fsp3) is 0.150. The van der Waals surface area contributed by atoms with E-state index in [4.69, 9.17) is 9.15 Å². The van der Waals surface area contributed by atoms with E-state index in [0.717, 1.165) is 21.8 Å². The second-order valence-electron chi connectivity index (χ2n) is 5.96. The molecule has 0 radical (unpaired) electrons. The molecule has 1 aromatic heterocycles. The summed E-state index contributed by atoms with van der Waals surface area (Å²) >= 11 is 4.31. The molecular weight excluding hydrogens is 444 g/mol. The number of thioether (sulfide) groups is 1. The SMILES string of the molecule is Cc1ccc(COc2ccc(Br)cc2/C=C(\Sc2nnc(C)o2)C(=O)O)cc1. The van der Waals surface area contributed by atoms with E-state index >= 15 is 0 Å². The minimum Gasteiger partial charge on any atom is -0.488 e. The first-order valence-electron chi connectivity index (χ1n) is 8.31. The van der Waals surface area contributed by atoms with Gasteiger partial charge in [0.2, 0.25) is 5.89 Å². The molecule has 0 saturated carbocycles. The molecule has 28 heavy (non-hydrogen) atoms. The van der Waals surface area contributed by atoms with Gasteiger partial charge in [0.15, 0.2) is 0 Å². The van der Waals surface area contributed by atoms with Crippen LogP contribution in [0.25, 0.3) is 6.08 Å². The maximum atomic E-state index is 11.7. The third-order valence-corrected chi connectivity index (χ3v) is 5.03. The fourth-order valence-electron chi connectivity index (χ4n) is 2.30. The Labute approximate surface area is 174 Å². The van der Waals surface area contributed by atoms with Crippen molar-refractivity contribution in [3.8, 4) is 5.75 Å². The molecule has 0 saturated heterocycles. The van der Waals surface area contributed by atoms with Crippen molar-refractivity contribution in [1.82, 2.24) is 10.2 Å². The molecule has 0 bridgehead atoms. The Bertz CT molecular complexity index is 1020. The van der Waals surface area contributed by atoms with Crippen LogP contribution in [0.3, 0.4) is 0 Å². The van der Waals surface area contributed by atoms with Gasteiger partial charge in [-0.1, -0.05) is 45.8 Å². The second-order valence-corrected chi connectivity index (χ2v) is 7.87. The predicted octanol–water partition coefficient (Wildman–Crippen LogP) is 5.25. The van der Waals surface area contributed by atoms with Crippen LogP contribution in [-0.2, 0) is 11.4 Å². The molecule has 0 aliphatic rings. The van der Waals surface area contributed by atoms with E-state index in [9.17, 15) is 9.90 Å². The van der Waals surface area contributed by atoms with Crippen molar-refractivity contribution >= 4 is 39.7 Å². The molecule has 1 N–H and O–H groups in total. The highest BCUT2D eigenvalue weighted by molar-refractivity contribution is 9.10. The number of ether oxygens (including phenoxy) is 1. The van der Waals surface area contributed by atoms with Crippen LogP contribution in [0, 0.1) is 13.8 Å². The Morgan fingerprint density at radius 1 is 1.21 bits per heavy atom. The number of halogens is 1. The van der Waals surface area contributed by atoms with Gasteiger partial charge < -0.3 is 14.3 Å². The summed E-state index contributed by atoms with van der Waals surface area (Å²) < 4.78 is 12.0. The molecule has 0 fully saturated rings. The summed E-state index contributed by atoms with van der Waals surface area (Å²) in [6.45, 7) is 4.05. The normalized spacial score (nSPS) is 11.5. The molecule has 0 spiro atoms. The lowest BCUT2D eigenvalue weighted by Gasteiger charge is -2.11. The number of aryl methyl sites for hydroxylation is 2. The van der Waals surface area contributed by atoms with E-state index in [1.807, 2.05) is 37.3 Å². The van der Waals surface area contributed by atoms with Crippen molar-refractivity contribution in [2.75, 3.05) is 0 Å². The van der Waals surface area contributed by atoms with Gasteiger partial charge >= 0.3 is 5.97 Å². The lowest BCUT2D eigenvalue weighted by molar-refractivity contribution is -0.131. The molecule has 3 rings (SSSR count). The van der Waals surface area contributed by atoms with E-state index in [1.165, 1.54) is 11.6 Å². The zero-order chi connectivity index (χ0) is 20.1. The number of carbonyl (C=O) groups is 1. The van der Waals surface area contributed by atoms with E-state index < -0.39 is 5.97 Å². The van der Waals surface area contributed by atoms with Gasteiger partial charge in [0, 0.05) is 17.0 Å². The van der Waals surface area contributed by atoms with Crippen molar-refractivity contribution in [2.45, 2.75) is 25.7 Å².